The van der Waals surface area contributed by atoms with Crippen molar-refractivity contribution in [3.05, 3.63) is 78.9 Å². The number of amides is 3. The molecule has 1 unspecified atom stereocenters. The molecule has 0 aliphatic carbocycles. The lowest BCUT2D eigenvalue weighted by Gasteiger charge is -2.40. The molecule has 6 atom stereocenters. The summed E-state index contributed by atoms with van der Waals surface area (Å²) in [7, 11) is 1.58. The number of ether oxygens (including phenoxy) is 2. The Balaban J connectivity index is 1.48. The number of benzene rings is 2. The summed E-state index contributed by atoms with van der Waals surface area (Å²) in [5, 5.41) is 10.3. The summed E-state index contributed by atoms with van der Waals surface area (Å²) in [5.41, 5.74) is -1.13. The molecule has 4 heterocycles. The van der Waals surface area contributed by atoms with Crippen molar-refractivity contribution in [3.8, 4) is 5.75 Å². The highest BCUT2D eigenvalue weighted by atomic mass is 16.5. The molecule has 4 aliphatic rings. The molecule has 0 radical (unpaired) electrons. The lowest BCUT2D eigenvalue weighted by Crippen LogP contribution is -2.58. The van der Waals surface area contributed by atoms with Gasteiger partial charge in [0.25, 0.3) is 5.91 Å². The van der Waals surface area contributed by atoms with Gasteiger partial charge >= 0.3 is 0 Å². The van der Waals surface area contributed by atoms with Crippen LogP contribution in [0.25, 0.3) is 0 Å². The number of nitrogens with zero attached hydrogens (tertiary/aromatic N) is 3. The van der Waals surface area contributed by atoms with Crippen molar-refractivity contribution < 1.29 is 29.0 Å². The molecule has 0 bridgehead atoms. The monoisotopic (exact) mass is 557 g/mol. The second kappa shape index (κ2) is 10.2. The van der Waals surface area contributed by atoms with Crippen LogP contribution in [-0.2, 0) is 19.1 Å². The van der Waals surface area contributed by atoms with Gasteiger partial charge in [-0.2, -0.15) is 0 Å². The molecule has 2 fully saturated rings. The van der Waals surface area contributed by atoms with E-state index in [1.807, 2.05) is 68.5 Å². The fourth-order valence-corrected chi connectivity index (χ4v) is 7.10. The Hall–Kier alpha value is -3.95. The third-order valence-electron chi connectivity index (χ3n) is 9.02. The van der Waals surface area contributed by atoms with E-state index in [1.54, 1.807) is 41.2 Å². The zero-order chi connectivity index (χ0) is 28.9. The second-order valence-corrected chi connectivity index (χ2v) is 11.2. The predicted molar refractivity (Wildman–Crippen MR) is 153 cm³/mol. The maximum absolute atomic E-state index is 14.5. The number of anilines is 2. The van der Waals surface area contributed by atoms with Gasteiger partial charge in [0.05, 0.1) is 37.2 Å². The lowest BCUT2D eigenvalue weighted by molar-refractivity contribution is -0.148. The Labute approximate surface area is 239 Å². The summed E-state index contributed by atoms with van der Waals surface area (Å²) in [6, 6.07) is 14.9. The first-order valence-electron chi connectivity index (χ1n) is 14.1. The molecule has 0 saturated carbocycles. The van der Waals surface area contributed by atoms with Gasteiger partial charge in [-0.1, -0.05) is 49.4 Å². The summed E-state index contributed by atoms with van der Waals surface area (Å²) in [6.45, 7) is 3.99. The summed E-state index contributed by atoms with van der Waals surface area (Å²) in [4.78, 5) is 48.2. The Morgan fingerprint density at radius 1 is 0.902 bits per heavy atom. The summed E-state index contributed by atoms with van der Waals surface area (Å²) in [5.74, 6) is -2.06. The molecule has 2 aromatic rings. The zero-order valence-electron chi connectivity index (χ0n) is 23.5. The number of hydrogen-bond acceptors (Lipinski definition) is 6. The van der Waals surface area contributed by atoms with Crippen LogP contribution in [0.15, 0.2) is 78.9 Å². The Morgan fingerprint density at radius 2 is 1.54 bits per heavy atom. The van der Waals surface area contributed by atoms with E-state index in [0.29, 0.717) is 24.4 Å². The minimum Gasteiger partial charge on any atom is -0.497 e. The Morgan fingerprint density at radius 3 is 2.17 bits per heavy atom. The van der Waals surface area contributed by atoms with Crippen molar-refractivity contribution >= 4 is 29.1 Å². The van der Waals surface area contributed by atoms with Crippen molar-refractivity contribution in [2.45, 2.75) is 43.6 Å². The van der Waals surface area contributed by atoms with Crippen LogP contribution in [0.4, 0.5) is 11.4 Å². The van der Waals surface area contributed by atoms with E-state index in [2.05, 4.69) is 0 Å². The number of aliphatic hydroxyl groups is 1. The van der Waals surface area contributed by atoms with Crippen molar-refractivity contribution in [2.75, 3.05) is 36.6 Å². The van der Waals surface area contributed by atoms with Crippen LogP contribution in [0.1, 0.15) is 20.3 Å². The molecule has 9 heteroatoms. The van der Waals surface area contributed by atoms with E-state index in [1.165, 1.54) is 4.90 Å². The van der Waals surface area contributed by atoms with Gasteiger partial charge in [0, 0.05) is 24.5 Å². The third-order valence-corrected chi connectivity index (χ3v) is 9.02. The molecule has 3 amide bonds. The summed E-state index contributed by atoms with van der Waals surface area (Å²) in [6.07, 6.45) is 7.87. The molecule has 6 rings (SSSR count). The number of para-hydroxylation sites is 1. The number of rotatable bonds is 6. The van der Waals surface area contributed by atoms with E-state index in [0.717, 1.165) is 5.69 Å². The van der Waals surface area contributed by atoms with Gasteiger partial charge in [0.1, 0.15) is 17.4 Å². The zero-order valence-corrected chi connectivity index (χ0v) is 23.5. The molecule has 1 N–H and O–H groups in total. The maximum atomic E-state index is 14.5. The van der Waals surface area contributed by atoms with Gasteiger partial charge in [-0.05, 0) is 49.7 Å². The molecule has 4 aliphatic heterocycles. The number of carbonyl (C=O) groups excluding carboxylic acids is 3. The standard InChI is InChI=1S/C32H35N3O6/c1-4-21(20-36)35-27-30(39)34(23-12-14-24(40-3)15-13-23)19-9-17-32(27)26(29(35)38)25-28(37)33(22-10-6-5-7-11-22)18-8-16-31(25,2)41-32/h5-17,21,25-27,36H,4,18-20H2,1-3H3/t21-,25+,26-,27?,31-,32-/m0/s1. The predicted octanol–water partition coefficient (Wildman–Crippen LogP) is 2.94. The van der Waals surface area contributed by atoms with Crippen molar-refractivity contribution in [3.63, 3.8) is 0 Å². The van der Waals surface area contributed by atoms with Crippen molar-refractivity contribution in [2.24, 2.45) is 11.8 Å². The number of hydrogen-bond donors (Lipinski definition) is 1. The van der Waals surface area contributed by atoms with E-state index >= 15 is 0 Å². The van der Waals surface area contributed by atoms with Crippen LogP contribution in [0.3, 0.4) is 0 Å². The first-order chi connectivity index (χ1) is 19.8. The van der Waals surface area contributed by atoms with Gasteiger partial charge in [-0.3, -0.25) is 14.4 Å². The highest BCUT2D eigenvalue weighted by Gasteiger charge is 2.75. The molecule has 214 valence electrons. The Kier molecular flexibility index (Phi) is 6.74. The third kappa shape index (κ3) is 4.01. The van der Waals surface area contributed by atoms with Gasteiger partial charge in [-0.15, -0.1) is 0 Å². The number of carbonyl (C=O) groups is 3. The summed E-state index contributed by atoms with van der Waals surface area (Å²) < 4.78 is 12.2. The first-order valence-corrected chi connectivity index (χ1v) is 14.1. The molecule has 2 saturated heterocycles. The number of methoxy groups -OCH3 is 1. The molecule has 41 heavy (non-hydrogen) atoms. The van der Waals surface area contributed by atoms with E-state index in [9.17, 15) is 19.5 Å². The van der Waals surface area contributed by atoms with Crippen molar-refractivity contribution in [1.82, 2.24) is 4.90 Å². The largest absolute Gasteiger partial charge is 0.497 e. The van der Waals surface area contributed by atoms with E-state index in [-0.39, 0.29) is 30.9 Å². The average molecular weight is 558 g/mol. The van der Waals surface area contributed by atoms with Gasteiger partial charge in [0.15, 0.2) is 0 Å². The number of likely N-dealkylation sites (tertiary alicyclic amines) is 1. The van der Waals surface area contributed by atoms with Crippen LogP contribution in [0.2, 0.25) is 0 Å². The number of aliphatic hydroxyl groups excluding tert-OH is 1. The smallest absolute Gasteiger partial charge is 0.253 e. The first kappa shape index (κ1) is 27.2. The molecule has 1 spiro atoms. The normalized spacial score (nSPS) is 31.5. The quantitative estimate of drug-likeness (QED) is 0.549. The number of fused-ring (bicyclic) bond motifs is 2. The van der Waals surface area contributed by atoms with Crippen LogP contribution in [-0.4, -0.2) is 77.8 Å². The summed E-state index contributed by atoms with van der Waals surface area (Å²) >= 11 is 0. The molecule has 9 nitrogen and oxygen atoms in total. The van der Waals surface area contributed by atoms with Crippen LogP contribution >= 0.6 is 0 Å². The molecular weight excluding hydrogens is 522 g/mol. The fourth-order valence-electron chi connectivity index (χ4n) is 7.10. The minimum absolute atomic E-state index is 0.228. The van der Waals surface area contributed by atoms with Gasteiger partial charge in [-0.25, -0.2) is 0 Å². The molecule has 2 aromatic carbocycles. The fraction of sp³-hybridized carbons (Fsp3) is 0.406. The lowest BCUT2D eigenvalue weighted by atomic mass is 9.74. The van der Waals surface area contributed by atoms with Crippen LogP contribution in [0.5, 0.6) is 5.75 Å². The van der Waals surface area contributed by atoms with Gasteiger partial charge < -0.3 is 29.3 Å². The maximum Gasteiger partial charge on any atom is 0.253 e. The molecular formula is C32H35N3O6. The van der Waals surface area contributed by atoms with Gasteiger partial charge in [0.2, 0.25) is 11.8 Å². The highest BCUT2D eigenvalue weighted by Crippen LogP contribution is 2.58. The topological polar surface area (TPSA) is 99.6 Å². The minimum atomic E-state index is -1.39. The average Bonchev–Trinajstić information content (AvgIpc) is 3.26. The SMILES string of the molecule is CC[C@@H](CO)N1C(=O)[C@@H]2[C@@H]3C(=O)N(c4ccccc4)CC=C[C@]3(C)O[C@@]23C=CCN(c2ccc(OC)cc2)C(=O)C13. The van der Waals surface area contributed by atoms with Crippen LogP contribution in [0, 0.1) is 11.8 Å². The van der Waals surface area contributed by atoms with E-state index in [4.69, 9.17) is 9.47 Å². The highest BCUT2D eigenvalue weighted by molar-refractivity contribution is 6.07. The van der Waals surface area contributed by atoms with Crippen LogP contribution < -0.4 is 14.5 Å². The second-order valence-electron chi connectivity index (χ2n) is 11.2. The van der Waals surface area contributed by atoms with Crippen molar-refractivity contribution in [1.29, 1.82) is 0 Å². The Bertz CT molecular complexity index is 1400. The molecule has 0 aromatic heterocycles. The van der Waals surface area contributed by atoms with E-state index < -0.39 is 35.1 Å².